The number of fused-ring (bicyclic) bond motifs is 1. The molecule has 0 N–H and O–H groups in total. The minimum absolute atomic E-state index is 0.987. The van der Waals surface area contributed by atoms with Crippen molar-refractivity contribution in [3.05, 3.63) is 42.1 Å². The lowest BCUT2D eigenvalue weighted by Gasteiger charge is -2.12. The van der Waals surface area contributed by atoms with Crippen LogP contribution in [0.2, 0.25) is 0 Å². The van der Waals surface area contributed by atoms with Crippen molar-refractivity contribution in [2.45, 2.75) is 19.3 Å². The lowest BCUT2D eigenvalue weighted by Crippen LogP contribution is -2.07. The normalized spacial score (nSPS) is 16.1. The van der Waals surface area contributed by atoms with Gasteiger partial charge in [-0.05, 0) is 43.0 Å². The summed E-state index contributed by atoms with van der Waals surface area (Å²) in [7, 11) is 0. The molecular weight excluding hydrogens is 196 g/mol. The van der Waals surface area contributed by atoms with Gasteiger partial charge in [0.2, 0.25) is 0 Å². The number of pyridine rings is 1. The van der Waals surface area contributed by atoms with E-state index in [-0.39, 0.29) is 0 Å². The number of aliphatic imine (C=N–C) groups is 1. The third kappa shape index (κ3) is 1.71. The largest absolute Gasteiger partial charge is 0.289 e. The Morgan fingerprint density at radius 1 is 1.06 bits per heavy atom. The molecule has 1 aliphatic rings. The molecule has 0 unspecified atom stereocenters. The van der Waals surface area contributed by atoms with E-state index in [1.165, 1.54) is 29.5 Å². The monoisotopic (exact) mass is 210 g/mol. The summed E-state index contributed by atoms with van der Waals surface area (Å²) in [6.45, 7) is 0.987. The smallest absolute Gasteiger partial charge is 0.0702 e. The maximum Gasteiger partial charge on any atom is 0.0702 e. The van der Waals surface area contributed by atoms with Crippen molar-refractivity contribution in [1.82, 2.24) is 4.98 Å². The number of nitrogens with zero attached hydrogens (tertiary/aromatic N) is 2. The van der Waals surface area contributed by atoms with E-state index in [2.05, 4.69) is 34.2 Å². The molecule has 0 atom stereocenters. The highest BCUT2D eigenvalue weighted by Crippen LogP contribution is 2.18. The first-order valence-corrected chi connectivity index (χ1v) is 5.82. The van der Waals surface area contributed by atoms with E-state index < -0.39 is 0 Å². The summed E-state index contributed by atoms with van der Waals surface area (Å²) in [6, 6.07) is 10.5. The molecule has 1 aromatic heterocycles. The average Bonchev–Trinajstić information content (AvgIpc) is 2.39. The van der Waals surface area contributed by atoms with Gasteiger partial charge >= 0.3 is 0 Å². The Morgan fingerprint density at radius 3 is 2.94 bits per heavy atom. The van der Waals surface area contributed by atoms with E-state index in [9.17, 15) is 0 Å². The first-order chi connectivity index (χ1) is 7.93. The van der Waals surface area contributed by atoms with E-state index in [1.807, 2.05) is 12.3 Å². The molecule has 2 aromatic rings. The second kappa shape index (κ2) is 4.05. The van der Waals surface area contributed by atoms with E-state index in [1.54, 1.807) is 0 Å². The molecule has 2 heteroatoms. The second-order valence-corrected chi connectivity index (χ2v) is 4.20. The predicted molar refractivity (Wildman–Crippen MR) is 67.0 cm³/mol. The van der Waals surface area contributed by atoms with Gasteiger partial charge in [-0.1, -0.05) is 12.1 Å². The molecule has 0 amide bonds. The highest BCUT2D eigenvalue weighted by atomic mass is 14.7. The van der Waals surface area contributed by atoms with Crippen LogP contribution in [0.4, 0.5) is 0 Å². The molecule has 1 aliphatic heterocycles. The molecule has 0 saturated heterocycles. The molecule has 0 fully saturated rings. The zero-order valence-electron chi connectivity index (χ0n) is 9.19. The van der Waals surface area contributed by atoms with Crippen LogP contribution in [-0.2, 0) is 0 Å². The molecule has 2 heterocycles. The van der Waals surface area contributed by atoms with Crippen LogP contribution >= 0.6 is 0 Å². The van der Waals surface area contributed by atoms with Crippen molar-refractivity contribution in [3.8, 4) is 0 Å². The highest BCUT2D eigenvalue weighted by Gasteiger charge is 2.08. The average molecular weight is 210 g/mol. The minimum Gasteiger partial charge on any atom is -0.289 e. The van der Waals surface area contributed by atoms with Crippen LogP contribution in [0.1, 0.15) is 24.8 Å². The number of hydrogen-bond acceptors (Lipinski definition) is 2. The van der Waals surface area contributed by atoms with Gasteiger partial charge in [-0.15, -0.1) is 0 Å². The molecule has 0 bridgehead atoms. The van der Waals surface area contributed by atoms with Crippen LogP contribution in [0.15, 0.2) is 41.5 Å². The van der Waals surface area contributed by atoms with Crippen LogP contribution in [0.25, 0.3) is 10.9 Å². The molecule has 16 heavy (non-hydrogen) atoms. The van der Waals surface area contributed by atoms with Gasteiger partial charge in [0.25, 0.3) is 0 Å². The second-order valence-electron chi connectivity index (χ2n) is 4.20. The van der Waals surface area contributed by atoms with Gasteiger partial charge in [0, 0.05) is 23.8 Å². The summed E-state index contributed by atoms with van der Waals surface area (Å²) in [4.78, 5) is 8.93. The molecule has 80 valence electrons. The lowest BCUT2D eigenvalue weighted by molar-refractivity contribution is 0.738. The maximum absolute atomic E-state index is 4.60. The van der Waals surface area contributed by atoms with Gasteiger partial charge in [0.1, 0.15) is 0 Å². The lowest BCUT2D eigenvalue weighted by atomic mass is 10.0. The molecule has 0 saturated carbocycles. The Labute approximate surface area is 95.0 Å². The molecule has 3 rings (SSSR count). The topological polar surface area (TPSA) is 25.2 Å². The summed E-state index contributed by atoms with van der Waals surface area (Å²) in [5.74, 6) is 0. The summed E-state index contributed by atoms with van der Waals surface area (Å²) >= 11 is 0. The Hall–Kier alpha value is -1.70. The van der Waals surface area contributed by atoms with E-state index in [4.69, 9.17) is 0 Å². The van der Waals surface area contributed by atoms with Crippen LogP contribution in [0, 0.1) is 0 Å². The van der Waals surface area contributed by atoms with Crippen molar-refractivity contribution in [1.29, 1.82) is 0 Å². The standard InChI is InChI=1S/C14H14N2/c1-2-8-15-13(5-1)12-6-7-14-11(10-12)4-3-9-16-14/h3-4,6-7,9-10H,1-2,5,8H2. The zero-order valence-corrected chi connectivity index (χ0v) is 9.19. The van der Waals surface area contributed by atoms with Crippen molar-refractivity contribution in [2.24, 2.45) is 4.99 Å². The quantitative estimate of drug-likeness (QED) is 0.709. The molecule has 0 radical (unpaired) electrons. The molecular formula is C14H14N2. The summed E-state index contributed by atoms with van der Waals surface area (Å²) in [6.07, 6.45) is 5.45. The Kier molecular flexibility index (Phi) is 2.41. The van der Waals surface area contributed by atoms with Crippen LogP contribution < -0.4 is 0 Å². The fraction of sp³-hybridized carbons (Fsp3) is 0.286. The van der Waals surface area contributed by atoms with Gasteiger partial charge < -0.3 is 0 Å². The summed E-state index contributed by atoms with van der Waals surface area (Å²) < 4.78 is 0. The SMILES string of the molecule is c1cnc2ccc(C3=NCCCC3)cc2c1. The molecule has 0 aliphatic carbocycles. The third-order valence-corrected chi connectivity index (χ3v) is 3.06. The Bertz CT molecular complexity index is 543. The fourth-order valence-corrected chi connectivity index (χ4v) is 2.19. The maximum atomic E-state index is 4.60. The molecule has 0 spiro atoms. The fourth-order valence-electron chi connectivity index (χ4n) is 2.19. The molecule has 1 aromatic carbocycles. The van der Waals surface area contributed by atoms with Gasteiger partial charge in [0.15, 0.2) is 0 Å². The van der Waals surface area contributed by atoms with E-state index in [0.29, 0.717) is 0 Å². The van der Waals surface area contributed by atoms with Gasteiger partial charge in [-0.2, -0.15) is 0 Å². The van der Waals surface area contributed by atoms with Crippen molar-refractivity contribution < 1.29 is 0 Å². The van der Waals surface area contributed by atoms with Crippen molar-refractivity contribution >= 4 is 16.6 Å². The first kappa shape index (κ1) is 9.52. The number of hydrogen-bond donors (Lipinski definition) is 0. The van der Waals surface area contributed by atoms with E-state index >= 15 is 0 Å². The summed E-state index contributed by atoms with van der Waals surface area (Å²) in [5.41, 5.74) is 3.58. The third-order valence-electron chi connectivity index (χ3n) is 3.06. The van der Waals surface area contributed by atoms with Gasteiger partial charge in [0.05, 0.1) is 5.52 Å². The minimum atomic E-state index is 0.987. The van der Waals surface area contributed by atoms with Crippen LogP contribution in [-0.4, -0.2) is 17.2 Å². The summed E-state index contributed by atoms with van der Waals surface area (Å²) in [5, 5.41) is 1.20. The number of benzene rings is 1. The van der Waals surface area contributed by atoms with Gasteiger partial charge in [-0.3, -0.25) is 9.98 Å². The first-order valence-electron chi connectivity index (χ1n) is 5.82. The Morgan fingerprint density at radius 2 is 2.06 bits per heavy atom. The van der Waals surface area contributed by atoms with E-state index in [0.717, 1.165) is 18.5 Å². The number of rotatable bonds is 1. The van der Waals surface area contributed by atoms with Crippen LogP contribution in [0.5, 0.6) is 0 Å². The molecule has 2 nitrogen and oxygen atoms in total. The highest BCUT2D eigenvalue weighted by molar-refractivity contribution is 6.03. The van der Waals surface area contributed by atoms with Crippen molar-refractivity contribution in [3.63, 3.8) is 0 Å². The number of aromatic nitrogens is 1. The van der Waals surface area contributed by atoms with Gasteiger partial charge in [-0.25, -0.2) is 0 Å². The van der Waals surface area contributed by atoms with Crippen molar-refractivity contribution in [2.75, 3.05) is 6.54 Å². The van der Waals surface area contributed by atoms with Crippen LogP contribution in [0.3, 0.4) is 0 Å². The zero-order chi connectivity index (χ0) is 10.8. The predicted octanol–water partition coefficient (Wildman–Crippen LogP) is 3.21. The Balaban J connectivity index is 2.07.